The lowest BCUT2D eigenvalue weighted by Gasteiger charge is -2.11. The number of rotatable bonds is 3. The van der Waals surface area contributed by atoms with Crippen molar-refractivity contribution in [3.63, 3.8) is 0 Å². The van der Waals surface area contributed by atoms with Gasteiger partial charge in [-0.3, -0.25) is 4.79 Å². The molecule has 0 aromatic heterocycles. The average molecular weight is 306 g/mol. The molecule has 0 fully saturated rings. The molecule has 1 rings (SSSR count). The van der Waals surface area contributed by atoms with Crippen molar-refractivity contribution in [2.75, 3.05) is 11.6 Å². The van der Waals surface area contributed by atoms with E-state index in [1.54, 1.807) is 24.3 Å². The molecule has 88 valence electrons. The lowest BCUT2D eigenvalue weighted by atomic mass is 10.3. The van der Waals surface area contributed by atoms with Gasteiger partial charge in [-0.1, -0.05) is 12.1 Å². The van der Waals surface area contributed by atoms with E-state index in [-0.39, 0.29) is 0 Å². The second kappa shape index (κ2) is 4.97. The molecule has 0 spiro atoms. The van der Waals surface area contributed by atoms with E-state index in [4.69, 9.17) is 0 Å². The van der Waals surface area contributed by atoms with Gasteiger partial charge in [0.1, 0.15) is 5.25 Å². The molecule has 4 nitrogen and oxygen atoms in total. The molecule has 1 aromatic carbocycles. The summed E-state index contributed by atoms with van der Waals surface area (Å²) in [5, 5.41) is 1.50. The average Bonchev–Trinajstić information content (AvgIpc) is 2.19. The Labute approximate surface area is 103 Å². The number of hydrogen-bond donors (Lipinski definition) is 1. The van der Waals surface area contributed by atoms with Crippen LogP contribution < -0.4 is 5.32 Å². The van der Waals surface area contributed by atoms with E-state index in [1.807, 2.05) is 0 Å². The summed E-state index contributed by atoms with van der Waals surface area (Å²) >= 11 is 3.26. The first kappa shape index (κ1) is 13.2. The van der Waals surface area contributed by atoms with Crippen molar-refractivity contribution >= 4 is 37.4 Å². The Morgan fingerprint density at radius 1 is 1.38 bits per heavy atom. The second-order valence-corrected chi connectivity index (χ2v) is 6.66. The number of nitrogens with one attached hydrogen (secondary N) is 1. The van der Waals surface area contributed by atoms with Gasteiger partial charge in [0.2, 0.25) is 5.91 Å². The molecular weight excluding hydrogens is 294 g/mol. The molecule has 1 aromatic rings. The van der Waals surface area contributed by atoms with Gasteiger partial charge >= 0.3 is 0 Å². The smallest absolute Gasteiger partial charge is 0.242 e. The Bertz CT molecular complexity index is 499. The minimum absolute atomic E-state index is 0.533. The molecule has 0 bridgehead atoms. The maximum absolute atomic E-state index is 11.6. The molecule has 0 aliphatic carbocycles. The van der Waals surface area contributed by atoms with Crippen molar-refractivity contribution in [2.24, 2.45) is 0 Å². The topological polar surface area (TPSA) is 63.2 Å². The summed E-state index contributed by atoms with van der Waals surface area (Å²) < 4.78 is 23.1. The Kier molecular flexibility index (Phi) is 4.09. The molecule has 6 heteroatoms. The van der Waals surface area contributed by atoms with Crippen molar-refractivity contribution in [2.45, 2.75) is 12.2 Å². The summed E-state index contributed by atoms with van der Waals surface area (Å²) in [5.41, 5.74) is 0.558. The van der Waals surface area contributed by atoms with Crippen LogP contribution in [0.25, 0.3) is 0 Å². The largest absolute Gasteiger partial charge is 0.324 e. The Hall–Kier alpha value is -0.880. The minimum atomic E-state index is -3.36. The van der Waals surface area contributed by atoms with Crippen LogP contribution in [0.4, 0.5) is 5.69 Å². The number of hydrogen-bond acceptors (Lipinski definition) is 3. The third-order valence-electron chi connectivity index (χ3n) is 2.14. The fourth-order valence-electron chi connectivity index (χ4n) is 0.991. The third-order valence-corrected chi connectivity index (χ3v) is 4.33. The lowest BCUT2D eigenvalue weighted by molar-refractivity contribution is -0.115. The van der Waals surface area contributed by atoms with Crippen LogP contribution in [-0.4, -0.2) is 25.8 Å². The summed E-state index contributed by atoms with van der Waals surface area (Å²) in [4.78, 5) is 11.6. The quantitative estimate of drug-likeness (QED) is 0.926. The van der Waals surface area contributed by atoms with E-state index >= 15 is 0 Å². The number of carbonyl (C=O) groups is 1. The highest BCUT2D eigenvalue weighted by Crippen LogP contribution is 2.21. The lowest BCUT2D eigenvalue weighted by Crippen LogP contribution is -2.31. The van der Waals surface area contributed by atoms with Crippen LogP contribution in [0.15, 0.2) is 28.7 Å². The summed E-state index contributed by atoms with van der Waals surface area (Å²) in [6, 6.07) is 7.02. The number of sulfone groups is 1. The first-order chi connectivity index (χ1) is 7.32. The molecule has 0 saturated heterocycles. The van der Waals surface area contributed by atoms with E-state index in [0.717, 1.165) is 6.26 Å². The van der Waals surface area contributed by atoms with Crippen LogP contribution in [0, 0.1) is 0 Å². The van der Waals surface area contributed by atoms with Crippen LogP contribution in [0.1, 0.15) is 6.92 Å². The van der Waals surface area contributed by atoms with Gasteiger partial charge in [0.25, 0.3) is 0 Å². The van der Waals surface area contributed by atoms with Gasteiger partial charge in [-0.25, -0.2) is 8.42 Å². The molecule has 1 N–H and O–H groups in total. The fraction of sp³-hybridized carbons (Fsp3) is 0.300. The van der Waals surface area contributed by atoms with E-state index in [1.165, 1.54) is 6.92 Å². The summed E-state index contributed by atoms with van der Waals surface area (Å²) in [6.07, 6.45) is 1.04. The van der Waals surface area contributed by atoms with Crippen LogP contribution in [-0.2, 0) is 14.6 Å². The summed E-state index contributed by atoms with van der Waals surface area (Å²) in [5.74, 6) is -0.533. The maximum atomic E-state index is 11.6. The van der Waals surface area contributed by atoms with E-state index in [0.29, 0.717) is 10.2 Å². The van der Waals surface area contributed by atoms with Crippen LogP contribution in [0.3, 0.4) is 0 Å². The molecule has 16 heavy (non-hydrogen) atoms. The van der Waals surface area contributed by atoms with E-state index < -0.39 is 21.0 Å². The van der Waals surface area contributed by atoms with Gasteiger partial charge in [0.15, 0.2) is 9.84 Å². The number of benzene rings is 1. The van der Waals surface area contributed by atoms with Gasteiger partial charge in [-0.15, -0.1) is 0 Å². The predicted octanol–water partition coefficient (Wildman–Crippen LogP) is 1.82. The number of anilines is 1. The standard InChI is InChI=1S/C10H12BrNO3S/c1-7(16(2,14)15)10(13)12-9-6-4-3-5-8(9)11/h3-7H,1-2H3,(H,12,13). The monoisotopic (exact) mass is 305 g/mol. The zero-order valence-corrected chi connectivity index (χ0v) is 11.3. The highest BCUT2D eigenvalue weighted by molar-refractivity contribution is 9.10. The molecular formula is C10H12BrNO3S. The second-order valence-electron chi connectivity index (χ2n) is 3.44. The van der Waals surface area contributed by atoms with Crippen LogP contribution in [0.5, 0.6) is 0 Å². The molecule has 1 amide bonds. The first-order valence-electron chi connectivity index (χ1n) is 4.56. The normalized spacial score (nSPS) is 13.2. The number of para-hydroxylation sites is 1. The van der Waals surface area contributed by atoms with Gasteiger partial charge in [-0.2, -0.15) is 0 Å². The first-order valence-corrected chi connectivity index (χ1v) is 7.31. The van der Waals surface area contributed by atoms with Crippen molar-refractivity contribution in [1.29, 1.82) is 0 Å². The molecule has 0 saturated carbocycles. The number of amides is 1. The Morgan fingerprint density at radius 2 is 1.94 bits per heavy atom. The minimum Gasteiger partial charge on any atom is -0.324 e. The SMILES string of the molecule is CC(C(=O)Nc1ccccc1Br)S(C)(=O)=O. The Morgan fingerprint density at radius 3 is 2.44 bits per heavy atom. The molecule has 0 aliphatic heterocycles. The molecule has 0 aliphatic rings. The number of halogens is 1. The number of carbonyl (C=O) groups excluding carboxylic acids is 1. The highest BCUT2D eigenvalue weighted by atomic mass is 79.9. The predicted molar refractivity (Wildman–Crippen MR) is 67.1 cm³/mol. The van der Waals surface area contributed by atoms with Gasteiger partial charge in [0, 0.05) is 10.7 Å². The highest BCUT2D eigenvalue weighted by Gasteiger charge is 2.23. The van der Waals surface area contributed by atoms with Crippen molar-refractivity contribution in [1.82, 2.24) is 0 Å². The van der Waals surface area contributed by atoms with Gasteiger partial charge in [-0.05, 0) is 35.0 Å². The molecule has 0 radical (unpaired) electrons. The van der Waals surface area contributed by atoms with Gasteiger partial charge < -0.3 is 5.32 Å². The molecule has 1 atom stereocenters. The maximum Gasteiger partial charge on any atom is 0.242 e. The summed E-state index contributed by atoms with van der Waals surface area (Å²) in [7, 11) is -3.36. The summed E-state index contributed by atoms with van der Waals surface area (Å²) in [6.45, 7) is 1.36. The van der Waals surface area contributed by atoms with E-state index in [9.17, 15) is 13.2 Å². The Balaban J connectivity index is 2.84. The van der Waals surface area contributed by atoms with E-state index in [2.05, 4.69) is 21.2 Å². The molecule has 1 unspecified atom stereocenters. The van der Waals surface area contributed by atoms with Crippen molar-refractivity contribution < 1.29 is 13.2 Å². The van der Waals surface area contributed by atoms with Crippen LogP contribution >= 0.6 is 15.9 Å². The van der Waals surface area contributed by atoms with Gasteiger partial charge in [0.05, 0.1) is 5.69 Å². The van der Waals surface area contributed by atoms with Crippen molar-refractivity contribution in [3.05, 3.63) is 28.7 Å². The fourth-order valence-corrected chi connectivity index (χ4v) is 1.82. The van der Waals surface area contributed by atoms with Crippen LogP contribution in [0.2, 0.25) is 0 Å². The zero-order chi connectivity index (χ0) is 12.3. The zero-order valence-electron chi connectivity index (χ0n) is 8.90. The van der Waals surface area contributed by atoms with Crippen molar-refractivity contribution in [3.8, 4) is 0 Å². The third kappa shape index (κ3) is 3.31. The molecule has 0 heterocycles.